The normalized spacial score (nSPS) is 16.5. The Labute approximate surface area is 198 Å². The van der Waals surface area contributed by atoms with Crippen LogP contribution in [-0.4, -0.2) is 60.5 Å². The number of fused-ring (bicyclic) bond motifs is 2. The highest BCUT2D eigenvalue weighted by molar-refractivity contribution is 6.30. The maximum absolute atomic E-state index is 12.9. The molecular weight excluding hydrogens is 469 g/mol. The first kappa shape index (κ1) is 25.9. The molecule has 1 aliphatic heterocycles. The lowest BCUT2D eigenvalue weighted by Gasteiger charge is -2.20. The van der Waals surface area contributed by atoms with E-state index in [1.54, 1.807) is 42.5 Å². The minimum Gasteiger partial charge on any atom is -0.475 e. The molecule has 0 spiro atoms. The van der Waals surface area contributed by atoms with Gasteiger partial charge in [-0.1, -0.05) is 36.4 Å². The van der Waals surface area contributed by atoms with E-state index >= 15 is 0 Å². The maximum Gasteiger partial charge on any atom is 0.490 e. The van der Waals surface area contributed by atoms with Crippen LogP contribution in [0.5, 0.6) is 0 Å². The van der Waals surface area contributed by atoms with Gasteiger partial charge in [-0.25, -0.2) is 4.79 Å². The number of esters is 1. The average Bonchev–Trinajstić information content (AvgIpc) is 3.37. The van der Waals surface area contributed by atoms with Crippen LogP contribution in [-0.2, 0) is 14.3 Å². The number of ether oxygens (including phenoxy) is 1. The average molecular weight is 492 g/mol. The van der Waals surface area contributed by atoms with E-state index in [1.807, 2.05) is 0 Å². The van der Waals surface area contributed by atoms with Gasteiger partial charge in [0.25, 0.3) is 0 Å². The molecule has 2 aromatic rings. The monoisotopic (exact) mass is 492 g/mol. The van der Waals surface area contributed by atoms with Crippen LogP contribution in [0.1, 0.15) is 51.1 Å². The molecule has 35 heavy (non-hydrogen) atoms. The first-order chi connectivity index (χ1) is 16.6. The Hall–Kier alpha value is -3.73. The first-order valence-electron chi connectivity index (χ1n) is 10.9. The third kappa shape index (κ3) is 6.24. The summed E-state index contributed by atoms with van der Waals surface area (Å²) >= 11 is 0. The summed E-state index contributed by atoms with van der Waals surface area (Å²) in [7, 11) is 0. The minimum atomic E-state index is -5.08. The number of ketones is 2. The second-order valence-electron chi connectivity index (χ2n) is 7.83. The summed E-state index contributed by atoms with van der Waals surface area (Å²) in [6.07, 6.45) is -2.65. The van der Waals surface area contributed by atoms with Crippen molar-refractivity contribution >= 4 is 29.2 Å². The SMILES string of the molecule is O=C(O)C(F)(F)F.O=C1c2ccccc2C(=O)c2c(NCCCOC(=O)[C@H]3CCCN3)cccc21. The van der Waals surface area contributed by atoms with Crippen molar-refractivity contribution < 1.29 is 42.2 Å². The van der Waals surface area contributed by atoms with Crippen molar-refractivity contribution in [3.05, 3.63) is 64.7 Å². The zero-order valence-corrected chi connectivity index (χ0v) is 18.5. The predicted molar refractivity (Wildman–Crippen MR) is 119 cm³/mol. The number of hydrogen-bond acceptors (Lipinski definition) is 7. The first-order valence-corrected chi connectivity index (χ1v) is 10.9. The highest BCUT2D eigenvalue weighted by Gasteiger charge is 2.38. The van der Waals surface area contributed by atoms with Gasteiger partial charge in [-0.15, -0.1) is 0 Å². The summed E-state index contributed by atoms with van der Waals surface area (Å²) in [5, 5.41) is 13.5. The molecule has 4 rings (SSSR count). The Morgan fingerprint density at radius 2 is 1.66 bits per heavy atom. The van der Waals surface area contributed by atoms with E-state index in [0.29, 0.717) is 47.5 Å². The maximum atomic E-state index is 12.9. The highest BCUT2D eigenvalue weighted by atomic mass is 19.4. The largest absolute Gasteiger partial charge is 0.490 e. The van der Waals surface area contributed by atoms with E-state index in [1.165, 1.54) is 0 Å². The van der Waals surface area contributed by atoms with Gasteiger partial charge in [-0.2, -0.15) is 13.2 Å². The van der Waals surface area contributed by atoms with Gasteiger partial charge in [0.05, 0.1) is 12.2 Å². The number of benzene rings is 2. The lowest BCUT2D eigenvalue weighted by atomic mass is 9.83. The molecule has 11 heteroatoms. The Morgan fingerprint density at radius 1 is 1.03 bits per heavy atom. The molecule has 3 N–H and O–H groups in total. The quantitative estimate of drug-likeness (QED) is 0.354. The van der Waals surface area contributed by atoms with Crippen LogP contribution in [0.3, 0.4) is 0 Å². The summed E-state index contributed by atoms with van der Waals surface area (Å²) in [5.41, 5.74) is 2.36. The fourth-order valence-corrected chi connectivity index (χ4v) is 3.75. The van der Waals surface area contributed by atoms with Crippen LogP contribution in [0.2, 0.25) is 0 Å². The van der Waals surface area contributed by atoms with Gasteiger partial charge in [0.15, 0.2) is 11.6 Å². The number of anilines is 1. The summed E-state index contributed by atoms with van der Waals surface area (Å²) in [4.78, 5) is 46.4. The predicted octanol–water partition coefficient (Wildman–Crippen LogP) is 3.19. The summed E-state index contributed by atoms with van der Waals surface area (Å²) < 4.78 is 37.0. The molecule has 0 aromatic heterocycles. The molecular formula is C24H23F3N2O6. The van der Waals surface area contributed by atoms with Gasteiger partial charge < -0.3 is 20.5 Å². The van der Waals surface area contributed by atoms with Gasteiger partial charge in [-0.05, 0) is 31.9 Å². The zero-order valence-electron chi connectivity index (χ0n) is 18.5. The van der Waals surface area contributed by atoms with Gasteiger partial charge in [0.1, 0.15) is 6.04 Å². The van der Waals surface area contributed by atoms with Gasteiger partial charge in [-0.3, -0.25) is 14.4 Å². The number of carboxylic acid groups (broad SMARTS) is 1. The molecule has 186 valence electrons. The molecule has 1 saturated heterocycles. The van der Waals surface area contributed by atoms with E-state index in [0.717, 1.165) is 19.4 Å². The van der Waals surface area contributed by atoms with E-state index in [9.17, 15) is 27.6 Å². The highest BCUT2D eigenvalue weighted by Crippen LogP contribution is 2.31. The number of carbonyl (C=O) groups is 4. The smallest absolute Gasteiger partial charge is 0.475 e. The van der Waals surface area contributed by atoms with Crippen molar-refractivity contribution in [2.75, 3.05) is 25.0 Å². The second kappa shape index (κ2) is 11.1. The molecule has 0 unspecified atom stereocenters. The number of nitrogens with one attached hydrogen (secondary N) is 2. The van der Waals surface area contributed by atoms with Crippen molar-refractivity contribution in [1.82, 2.24) is 5.32 Å². The molecule has 0 saturated carbocycles. The number of alkyl halides is 3. The molecule has 1 heterocycles. The van der Waals surface area contributed by atoms with Crippen LogP contribution in [0.4, 0.5) is 18.9 Å². The molecule has 0 amide bonds. The van der Waals surface area contributed by atoms with Gasteiger partial charge in [0.2, 0.25) is 0 Å². The number of aliphatic carboxylic acids is 1. The number of carboxylic acids is 1. The van der Waals surface area contributed by atoms with Crippen LogP contribution >= 0.6 is 0 Å². The van der Waals surface area contributed by atoms with Crippen LogP contribution in [0, 0.1) is 0 Å². The van der Waals surface area contributed by atoms with Crippen LogP contribution in [0.25, 0.3) is 0 Å². The number of halogens is 3. The van der Waals surface area contributed by atoms with Crippen molar-refractivity contribution in [2.45, 2.75) is 31.5 Å². The molecule has 2 aromatic carbocycles. The van der Waals surface area contributed by atoms with Crippen molar-refractivity contribution in [3.63, 3.8) is 0 Å². The molecule has 1 atom stereocenters. The topological polar surface area (TPSA) is 122 Å². The summed E-state index contributed by atoms with van der Waals surface area (Å²) in [6.45, 7) is 1.70. The van der Waals surface area contributed by atoms with E-state index in [4.69, 9.17) is 14.6 Å². The zero-order chi connectivity index (χ0) is 25.6. The molecule has 1 fully saturated rings. The number of hydrogen-bond donors (Lipinski definition) is 3. The Kier molecular flexibility index (Phi) is 8.23. The van der Waals surface area contributed by atoms with Crippen molar-refractivity contribution in [2.24, 2.45) is 0 Å². The standard InChI is InChI=1S/C22H22N2O4.C2HF3O2/c25-20-14-6-1-2-7-15(14)21(26)19-16(20)8-3-9-17(19)23-12-5-13-28-22(27)18-10-4-11-24-18;3-2(4,5)1(6)7/h1-3,6-9,18,23-24H,4-5,10-13H2;(H,6,7)/t18-;/m1./s1. The minimum absolute atomic E-state index is 0.133. The lowest BCUT2D eigenvalue weighted by Crippen LogP contribution is -2.32. The van der Waals surface area contributed by atoms with E-state index in [-0.39, 0.29) is 23.6 Å². The Bertz CT molecular complexity index is 1130. The molecule has 0 bridgehead atoms. The van der Waals surface area contributed by atoms with Crippen molar-refractivity contribution in [1.29, 1.82) is 0 Å². The molecule has 8 nitrogen and oxygen atoms in total. The van der Waals surface area contributed by atoms with E-state index in [2.05, 4.69) is 10.6 Å². The number of rotatable bonds is 6. The van der Waals surface area contributed by atoms with Gasteiger partial charge >= 0.3 is 18.1 Å². The molecule has 2 aliphatic rings. The summed E-state index contributed by atoms with van der Waals surface area (Å²) in [6, 6.07) is 12.0. The second-order valence-corrected chi connectivity index (χ2v) is 7.83. The third-order valence-electron chi connectivity index (χ3n) is 5.42. The molecule has 0 radical (unpaired) electrons. The summed E-state index contributed by atoms with van der Waals surface area (Å²) in [5.74, 6) is -3.24. The fraction of sp³-hybridized carbons (Fsp3) is 0.333. The Morgan fingerprint density at radius 3 is 2.26 bits per heavy atom. The fourth-order valence-electron chi connectivity index (χ4n) is 3.75. The molecule has 1 aliphatic carbocycles. The van der Waals surface area contributed by atoms with Gasteiger partial charge in [0, 0.05) is 28.9 Å². The van der Waals surface area contributed by atoms with Crippen LogP contribution < -0.4 is 10.6 Å². The lowest BCUT2D eigenvalue weighted by molar-refractivity contribution is -0.192. The number of carbonyl (C=O) groups excluding carboxylic acids is 3. The third-order valence-corrected chi connectivity index (χ3v) is 5.42. The van der Waals surface area contributed by atoms with Crippen LogP contribution in [0.15, 0.2) is 42.5 Å². The van der Waals surface area contributed by atoms with Crippen molar-refractivity contribution in [3.8, 4) is 0 Å². The van der Waals surface area contributed by atoms with E-state index < -0.39 is 12.1 Å². The Balaban J connectivity index is 0.000000429.